The van der Waals surface area contributed by atoms with E-state index in [0.717, 1.165) is 11.6 Å². The Hall–Kier alpha value is -2.35. The van der Waals surface area contributed by atoms with Crippen LogP contribution in [0.15, 0.2) is 47.8 Å². The summed E-state index contributed by atoms with van der Waals surface area (Å²) in [5.41, 5.74) is 7.87. The number of amides is 1. The summed E-state index contributed by atoms with van der Waals surface area (Å²) in [6.45, 7) is 0. The molecular weight excluding hydrogens is 380 g/mol. The SMILES string of the molecule is NC(Cc1ccc(F)cc1)c1csc(NC(=O)c2ccc(F)c(Cl)c2)n1. The molecular formula is C18H14ClF2N3OS. The third kappa shape index (κ3) is 4.43. The zero-order valence-corrected chi connectivity index (χ0v) is 15.0. The number of thiazole rings is 1. The van der Waals surface area contributed by atoms with Crippen molar-refractivity contribution in [1.29, 1.82) is 0 Å². The van der Waals surface area contributed by atoms with Gasteiger partial charge < -0.3 is 5.73 Å². The second-order valence-corrected chi connectivity index (χ2v) is 6.86. The number of anilines is 1. The lowest BCUT2D eigenvalue weighted by atomic mass is 10.0. The predicted octanol–water partition coefficient (Wildman–Crippen LogP) is 4.57. The number of halogens is 3. The van der Waals surface area contributed by atoms with Crippen LogP contribution >= 0.6 is 22.9 Å². The molecule has 0 radical (unpaired) electrons. The molecule has 4 nitrogen and oxygen atoms in total. The molecule has 0 aliphatic heterocycles. The summed E-state index contributed by atoms with van der Waals surface area (Å²) in [5.74, 6) is -1.34. The molecule has 1 atom stereocenters. The minimum absolute atomic E-state index is 0.126. The highest BCUT2D eigenvalue weighted by molar-refractivity contribution is 7.14. The van der Waals surface area contributed by atoms with Gasteiger partial charge in [-0.15, -0.1) is 11.3 Å². The monoisotopic (exact) mass is 393 g/mol. The number of carbonyl (C=O) groups excluding carboxylic acids is 1. The first-order valence-corrected chi connectivity index (χ1v) is 8.90. The van der Waals surface area contributed by atoms with Crippen molar-refractivity contribution in [1.82, 2.24) is 4.98 Å². The molecule has 0 saturated heterocycles. The third-order valence-corrected chi connectivity index (χ3v) is 4.74. The van der Waals surface area contributed by atoms with Crippen LogP contribution < -0.4 is 11.1 Å². The summed E-state index contributed by atoms with van der Waals surface area (Å²) in [6.07, 6.45) is 0.491. The Balaban J connectivity index is 1.66. The standard InChI is InChI=1S/C18H14ClF2N3OS/c19-13-8-11(3-6-14(13)21)17(25)24-18-23-16(9-26-18)15(22)7-10-1-4-12(20)5-2-10/h1-6,8-9,15H,7,22H2,(H,23,24,25). The van der Waals surface area contributed by atoms with E-state index >= 15 is 0 Å². The maximum absolute atomic E-state index is 13.2. The van der Waals surface area contributed by atoms with E-state index in [4.69, 9.17) is 17.3 Å². The lowest BCUT2D eigenvalue weighted by Gasteiger charge is -2.09. The molecule has 134 valence electrons. The largest absolute Gasteiger partial charge is 0.322 e. The Labute approximate surface area is 157 Å². The highest BCUT2D eigenvalue weighted by atomic mass is 35.5. The van der Waals surface area contributed by atoms with Crippen LogP contribution in [0, 0.1) is 11.6 Å². The maximum atomic E-state index is 13.2. The number of hydrogen-bond acceptors (Lipinski definition) is 4. The fraction of sp³-hybridized carbons (Fsp3) is 0.111. The van der Waals surface area contributed by atoms with Crippen LogP contribution in [0.2, 0.25) is 5.02 Å². The second-order valence-electron chi connectivity index (χ2n) is 5.60. The van der Waals surface area contributed by atoms with Crippen molar-refractivity contribution in [2.45, 2.75) is 12.5 Å². The number of nitrogens with two attached hydrogens (primary N) is 1. The van der Waals surface area contributed by atoms with Crippen LogP contribution in [0.1, 0.15) is 27.7 Å². The van der Waals surface area contributed by atoms with Gasteiger partial charge in [-0.05, 0) is 42.3 Å². The molecule has 1 aromatic heterocycles. The van der Waals surface area contributed by atoms with Crippen molar-refractivity contribution in [2.75, 3.05) is 5.32 Å². The molecule has 3 rings (SSSR count). The summed E-state index contributed by atoms with van der Waals surface area (Å²) in [4.78, 5) is 16.5. The van der Waals surface area contributed by atoms with Crippen LogP contribution in [0.25, 0.3) is 0 Å². The van der Waals surface area contributed by atoms with Crippen molar-refractivity contribution in [3.8, 4) is 0 Å². The van der Waals surface area contributed by atoms with E-state index < -0.39 is 11.7 Å². The summed E-state index contributed by atoms with van der Waals surface area (Å²) in [7, 11) is 0. The maximum Gasteiger partial charge on any atom is 0.257 e. The Morgan fingerprint density at radius 3 is 2.65 bits per heavy atom. The van der Waals surface area contributed by atoms with Crippen molar-refractivity contribution >= 4 is 34.0 Å². The van der Waals surface area contributed by atoms with Crippen molar-refractivity contribution in [2.24, 2.45) is 5.73 Å². The minimum atomic E-state index is -0.591. The van der Waals surface area contributed by atoms with Gasteiger partial charge in [0.05, 0.1) is 16.8 Å². The molecule has 3 aromatic rings. The molecule has 2 aromatic carbocycles. The van der Waals surface area contributed by atoms with E-state index in [1.807, 2.05) is 0 Å². The van der Waals surface area contributed by atoms with Crippen LogP contribution in [-0.2, 0) is 6.42 Å². The summed E-state index contributed by atoms with van der Waals surface area (Å²) < 4.78 is 26.1. The van der Waals surface area contributed by atoms with E-state index in [1.54, 1.807) is 17.5 Å². The first-order valence-electron chi connectivity index (χ1n) is 7.64. The van der Waals surface area contributed by atoms with Gasteiger partial charge in [0, 0.05) is 10.9 Å². The first kappa shape index (κ1) is 18.4. The zero-order chi connectivity index (χ0) is 18.7. The van der Waals surface area contributed by atoms with E-state index in [9.17, 15) is 13.6 Å². The Kier molecular flexibility index (Phi) is 5.61. The topological polar surface area (TPSA) is 68.0 Å². The average molecular weight is 394 g/mol. The molecule has 0 fully saturated rings. The molecule has 0 spiro atoms. The molecule has 3 N–H and O–H groups in total. The minimum Gasteiger partial charge on any atom is -0.322 e. The predicted molar refractivity (Wildman–Crippen MR) is 98.5 cm³/mol. The van der Waals surface area contributed by atoms with E-state index in [-0.39, 0.29) is 22.4 Å². The van der Waals surface area contributed by atoms with Gasteiger partial charge in [-0.25, -0.2) is 13.8 Å². The number of nitrogens with one attached hydrogen (secondary N) is 1. The van der Waals surface area contributed by atoms with Gasteiger partial charge in [-0.3, -0.25) is 10.1 Å². The van der Waals surface area contributed by atoms with Crippen LogP contribution in [-0.4, -0.2) is 10.9 Å². The van der Waals surface area contributed by atoms with Gasteiger partial charge in [0.1, 0.15) is 11.6 Å². The van der Waals surface area contributed by atoms with E-state index in [0.29, 0.717) is 17.2 Å². The van der Waals surface area contributed by atoms with Gasteiger partial charge in [-0.1, -0.05) is 23.7 Å². The zero-order valence-electron chi connectivity index (χ0n) is 13.4. The highest BCUT2D eigenvalue weighted by Gasteiger charge is 2.14. The lowest BCUT2D eigenvalue weighted by Crippen LogP contribution is -2.15. The van der Waals surface area contributed by atoms with Gasteiger partial charge >= 0.3 is 0 Å². The third-order valence-electron chi connectivity index (χ3n) is 3.67. The average Bonchev–Trinajstić information content (AvgIpc) is 3.08. The number of benzene rings is 2. The molecule has 0 saturated carbocycles. The molecule has 26 heavy (non-hydrogen) atoms. The quantitative estimate of drug-likeness (QED) is 0.667. The highest BCUT2D eigenvalue weighted by Crippen LogP contribution is 2.23. The van der Waals surface area contributed by atoms with Crippen molar-refractivity contribution < 1.29 is 13.6 Å². The van der Waals surface area contributed by atoms with Crippen LogP contribution in [0.5, 0.6) is 0 Å². The molecule has 8 heteroatoms. The summed E-state index contributed by atoms with van der Waals surface area (Å²) >= 11 is 6.92. The Bertz CT molecular complexity index is 930. The van der Waals surface area contributed by atoms with E-state index in [2.05, 4.69) is 10.3 Å². The number of hydrogen-bond donors (Lipinski definition) is 2. The summed E-state index contributed by atoms with van der Waals surface area (Å²) in [5, 5.41) is 4.63. The first-order chi connectivity index (χ1) is 12.4. The normalized spacial score (nSPS) is 12.0. The fourth-order valence-electron chi connectivity index (χ4n) is 2.30. The smallest absolute Gasteiger partial charge is 0.257 e. The van der Waals surface area contributed by atoms with Crippen molar-refractivity contribution in [3.05, 3.63) is 81.3 Å². The van der Waals surface area contributed by atoms with Crippen LogP contribution in [0.3, 0.4) is 0 Å². The molecule has 1 unspecified atom stereocenters. The van der Waals surface area contributed by atoms with E-state index in [1.165, 1.54) is 35.6 Å². The van der Waals surface area contributed by atoms with Gasteiger partial charge in [0.25, 0.3) is 5.91 Å². The van der Waals surface area contributed by atoms with Gasteiger partial charge in [0.2, 0.25) is 0 Å². The Morgan fingerprint density at radius 1 is 1.23 bits per heavy atom. The number of carbonyl (C=O) groups is 1. The lowest BCUT2D eigenvalue weighted by molar-refractivity contribution is 0.102. The second kappa shape index (κ2) is 7.90. The molecule has 0 aliphatic carbocycles. The number of nitrogens with zero attached hydrogens (tertiary/aromatic N) is 1. The number of rotatable bonds is 5. The van der Waals surface area contributed by atoms with Crippen LogP contribution in [0.4, 0.5) is 13.9 Å². The van der Waals surface area contributed by atoms with Gasteiger partial charge in [-0.2, -0.15) is 0 Å². The molecule has 1 heterocycles. The Morgan fingerprint density at radius 2 is 1.96 bits per heavy atom. The van der Waals surface area contributed by atoms with Gasteiger partial charge in [0.15, 0.2) is 5.13 Å². The molecule has 0 aliphatic rings. The molecule has 0 bridgehead atoms. The fourth-order valence-corrected chi connectivity index (χ4v) is 3.25. The number of aromatic nitrogens is 1. The molecule has 1 amide bonds. The summed E-state index contributed by atoms with van der Waals surface area (Å²) in [6, 6.07) is 9.42. The van der Waals surface area contributed by atoms with Crippen molar-refractivity contribution in [3.63, 3.8) is 0 Å².